The zero-order chi connectivity index (χ0) is 6.95. The fourth-order valence-electron chi connectivity index (χ4n) is 0.455. The van der Waals surface area contributed by atoms with Gasteiger partial charge in [0.2, 0.25) is 0 Å². The summed E-state index contributed by atoms with van der Waals surface area (Å²) in [7, 11) is 0. The Morgan fingerprint density at radius 3 is 2.44 bits per heavy atom. The van der Waals surface area contributed by atoms with Gasteiger partial charge in [0.05, 0.1) is 0 Å². The Balaban J connectivity index is 2.96. The van der Waals surface area contributed by atoms with Crippen molar-refractivity contribution in [2.24, 2.45) is 0 Å². The first-order valence-electron chi connectivity index (χ1n) is 3.36. The summed E-state index contributed by atoms with van der Waals surface area (Å²) in [5.41, 5.74) is 0. The van der Waals surface area contributed by atoms with Gasteiger partial charge >= 0.3 is 0 Å². The first-order chi connectivity index (χ1) is 4.41. The van der Waals surface area contributed by atoms with Crippen molar-refractivity contribution in [3.05, 3.63) is 0 Å². The zero-order valence-corrected chi connectivity index (χ0v) is 7.05. The smallest absolute Gasteiger partial charge is 0.0179 e. The molecule has 0 aliphatic rings. The summed E-state index contributed by atoms with van der Waals surface area (Å²) in [6.45, 7) is 2.16. The van der Waals surface area contributed by atoms with Gasteiger partial charge in [0, 0.05) is 18.6 Å². The van der Waals surface area contributed by atoms with E-state index in [1.54, 1.807) is 0 Å². The molecule has 0 unspecified atom stereocenters. The fraction of sp³-hybridized carbons (Fsp3) is 0.750. The summed E-state index contributed by atoms with van der Waals surface area (Å²) in [4.78, 5) is 0. The summed E-state index contributed by atoms with van der Waals surface area (Å²) < 4.78 is 0. The second-order valence-corrected chi connectivity index (χ2v) is 2.83. The second kappa shape index (κ2) is 7.91. The van der Waals surface area contributed by atoms with Crippen molar-refractivity contribution in [2.75, 3.05) is 12.0 Å². The van der Waals surface area contributed by atoms with Crippen LogP contribution in [-0.2, 0) is 0 Å². The molecule has 0 rings (SSSR count). The molecule has 0 amide bonds. The maximum Gasteiger partial charge on any atom is 0.0179 e. The maximum absolute atomic E-state index is 3.12. The zero-order valence-electron chi connectivity index (χ0n) is 6.24. The van der Waals surface area contributed by atoms with Gasteiger partial charge in [-0.1, -0.05) is 6.92 Å². The minimum Gasteiger partial charge on any atom is -0.164 e. The standard InChI is InChI=1S/C8H14S/c1-3-4-5-6-7-8-9-2/h3-4,7-8H2,1-2H3. The summed E-state index contributed by atoms with van der Waals surface area (Å²) in [6, 6.07) is 0. The third-order valence-electron chi connectivity index (χ3n) is 0.931. The van der Waals surface area contributed by atoms with Crippen molar-refractivity contribution >= 4 is 11.8 Å². The molecule has 0 saturated carbocycles. The van der Waals surface area contributed by atoms with Gasteiger partial charge in [-0.3, -0.25) is 0 Å². The molecule has 0 saturated heterocycles. The average molecular weight is 142 g/mol. The van der Waals surface area contributed by atoms with Crippen LogP contribution < -0.4 is 0 Å². The van der Waals surface area contributed by atoms with Crippen molar-refractivity contribution in [1.82, 2.24) is 0 Å². The van der Waals surface area contributed by atoms with Gasteiger partial charge in [-0.2, -0.15) is 11.8 Å². The Morgan fingerprint density at radius 2 is 1.89 bits per heavy atom. The number of hydrogen-bond donors (Lipinski definition) is 0. The number of thioether (sulfide) groups is 1. The van der Waals surface area contributed by atoms with Crippen LogP contribution in [-0.4, -0.2) is 12.0 Å². The topological polar surface area (TPSA) is 0 Å². The molecule has 0 aliphatic heterocycles. The normalized spacial score (nSPS) is 8.22. The molecule has 0 N–H and O–H groups in total. The van der Waals surface area contributed by atoms with Crippen LogP contribution in [0.5, 0.6) is 0 Å². The lowest BCUT2D eigenvalue weighted by Crippen LogP contribution is -1.71. The summed E-state index contributed by atoms with van der Waals surface area (Å²) in [5, 5.41) is 0. The molecule has 0 atom stereocenters. The van der Waals surface area contributed by atoms with Crippen molar-refractivity contribution in [1.29, 1.82) is 0 Å². The third kappa shape index (κ3) is 7.91. The molecule has 9 heavy (non-hydrogen) atoms. The molecular weight excluding hydrogens is 128 g/mol. The number of hydrogen-bond acceptors (Lipinski definition) is 1. The molecule has 0 fully saturated rings. The van der Waals surface area contributed by atoms with Crippen LogP contribution in [0.2, 0.25) is 0 Å². The summed E-state index contributed by atoms with van der Waals surface area (Å²) in [6.07, 6.45) is 5.42. The predicted octanol–water partition coefficient (Wildman–Crippen LogP) is 2.54. The van der Waals surface area contributed by atoms with Crippen LogP contribution in [0.25, 0.3) is 0 Å². The Labute approximate surface area is 62.4 Å². The van der Waals surface area contributed by atoms with Gasteiger partial charge in [0.25, 0.3) is 0 Å². The van der Waals surface area contributed by atoms with E-state index >= 15 is 0 Å². The van der Waals surface area contributed by atoms with Crippen LogP contribution >= 0.6 is 11.8 Å². The highest BCUT2D eigenvalue weighted by Crippen LogP contribution is 1.93. The Morgan fingerprint density at radius 1 is 1.22 bits per heavy atom. The molecule has 0 radical (unpaired) electrons. The highest BCUT2D eigenvalue weighted by atomic mass is 32.2. The first kappa shape index (κ1) is 8.91. The van der Waals surface area contributed by atoms with E-state index in [2.05, 4.69) is 25.0 Å². The van der Waals surface area contributed by atoms with Gasteiger partial charge in [-0.05, 0) is 12.7 Å². The minimum absolute atomic E-state index is 1.06. The second-order valence-electron chi connectivity index (χ2n) is 1.85. The molecule has 0 heterocycles. The van der Waals surface area contributed by atoms with Crippen molar-refractivity contribution in [2.45, 2.75) is 26.2 Å². The SMILES string of the molecule is CCCC#CCCSC. The van der Waals surface area contributed by atoms with E-state index in [-0.39, 0.29) is 0 Å². The molecule has 0 spiro atoms. The molecule has 0 aromatic heterocycles. The first-order valence-corrected chi connectivity index (χ1v) is 4.75. The van der Waals surface area contributed by atoms with E-state index in [1.807, 2.05) is 11.8 Å². The van der Waals surface area contributed by atoms with Gasteiger partial charge in [-0.25, -0.2) is 0 Å². The highest BCUT2D eigenvalue weighted by molar-refractivity contribution is 7.98. The maximum atomic E-state index is 3.12. The van der Waals surface area contributed by atoms with E-state index < -0.39 is 0 Å². The van der Waals surface area contributed by atoms with Gasteiger partial charge < -0.3 is 0 Å². The van der Waals surface area contributed by atoms with Gasteiger partial charge in [0.15, 0.2) is 0 Å². The van der Waals surface area contributed by atoms with E-state index in [9.17, 15) is 0 Å². The fourth-order valence-corrected chi connectivity index (χ4v) is 0.761. The van der Waals surface area contributed by atoms with Crippen LogP contribution in [0, 0.1) is 11.8 Å². The Kier molecular flexibility index (Phi) is 7.83. The van der Waals surface area contributed by atoms with Crippen molar-refractivity contribution in [3.63, 3.8) is 0 Å². The lowest BCUT2D eigenvalue weighted by Gasteiger charge is -1.83. The molecule has 0 aromatic rings. The van der Waals surface area contributed by atoms with Crippen molar-refractivity contribution in [3.8, 4) is 11.8 Å². The number of rotatable bonds is 3. The molecule has 1 heteroatoms. The van der Waals surface area contributed by atoms with Gasteiger partial charge in [-0.15, -0.1) is 11.8 Å². The van der Waals surface area contributed by atoms with Gasteiger partial charge in [0.1, 0.15) is 0 Å². The lowest BCUT2D eigenvalue weighted by molar-refractivity contribution is 0.981. The highest BCUT2D eigenvalue weighted by Gasteiger charge is 1.75. The number of unbranched alkanes of at least 4 members (excludes halogenated alkanes) is 1. The average Bonchev–Trinajstić information content (AvgIpc) is 1.89. The molecular formula is C8H14S. The summed E-state index contributed by atoms with van der Waals surface area (Å²) in [5.74, 6) is 7.40. The molecule has 0 aliphatic carbocycles. The predicted molar refractivity (Wildman–Crippen MR) is 45.7 cm³/mol. The lowest BCUT2D eigenvalue weighted by atomic mass is 10.3. The molecule has 0 aromatic carbocycles. The van der Waals surface area contributed by atoms with Crippen LogP contribution in [0.1, 0.15) is 26.2 Å². The van der Waals surface area contributed by atoms with Crippen LogP contribution in [0.4, 0.5) is 0 Å². The molecule has 52 valence electrons. The van der Waals surface area contributed by atoms with E-state index in [0.717, 1.165) is 12.8 Å². The Hall–Kier alpha value is -0.0900. The van der Waals surface area contributed by atoms with Crippen LogP contribution in [0.3, 0.4) is 0 Å². The molecule has 0 bridgehead atoms. The quantitative estimate of drug-likeness (QED) is 0.431. The van der Waals surface area contributed by atoms with Crippen LogP contribution in [0.15, 0.2) is 0 Å². The third-order valence-corrected chi connectivity index (χ3v) is 1.54. The van der Waals surface area contributed by atoms with E-state index in [4.69, 9.17) is 0 Å². The summed E-state index contributed by atoms with van der Waals surface area (Å²) >= 11 is 1.86. The minimum atomic E-state index is 1.06. The monoisotopic (exact) mass is 142 g/mol. The van der Waals surface area contributed by atoms with E-state index in [0.29, 0.717) is 0 Å². The van der Waals surface area contributed by atoms with Crippen molar-refractivity contribution < 1.29 is 0 Å². The van der Waals surface area contributed by atoms with E-state index in [1.165, 1.54) is 12.2 Å². The Bertz CT molecular complexity index is 96.9. The largest absolute Gasteiger partial charge is 0.164 e. The molecule has 0 nitrogen and oxygen atoms in total.